The molecule has 4 rings (SSSR count). The number of carbonyl (C=O) groups excluding carboxylic acids is 1. The maximum absolute atomic E-state index is 13.4. The van der Waals surface area contributed by atoms with Crippen molar-refractivity contribution in [1.29, 1.82) is 0 Å². The number of carbonyl (C=O) groups is 1. The molecule has 7 heteroatoms. The molecule has 1 aliphatic rings. The van der Waals surface area contributed by atoms with E-state index in [-0.39, 0.29) is 29.0 Å². The second-order valence-corrected chi connectivity index (χ2v) is 7.33. The predicted octanol–water partition coefficient (Wildman–Crippen LogP) is 5.34. The van der Waals surface area contributed by atoms with E-state index < -0.39 is 16.3 Å². The first-order valence-electron chi connectivity index (χ1n) is 9.55. The zero-order chi connectivity index (χ0) is 22.0. The highest BCUT2D eigenvalue weighted by atomic mass is 19.1. The van der Waals surface area contributed by atoms with Crippen LogP contribution in [0, 0.1) is 27.7 Å². The number of hydrogen-bond donors (Lipinski definition) is 0. The van der Waals surface area contributed by atoms with Crippen LogP contribution in [0.1, 0.15) is 17.5 Å². The first-order chi connectivity index (χ1) is 14.9. The number of allylic oxidation sites excluding steroid dienone is 1. The molecule has 1 atom stereocenters. The molecule has 31 heavy (non-hydrogen) atoms. The van der Waals surface area contributed by atoms with Gasteiger partial charge in [-0.2, -0.15) is 0 Å². The molecular weight excluding hydrogens is 404 g/mol. The van der Waals surface area contributed by atoms with Gasteiger partial charge in [0.1, 0.15) is 17.4 Å². The van der Waals surface area contributed by atoms with Crippen molar-refractivity contribution in [3.63, 3.8) is 0 Å². The summed E-state index contributed by atoms with van der Waals surface area (Å²) in [5, 5.41) is 10.7. The van der Waals surface area contributed by atoms with Crippen molar-refractivity contribution in [2.45, 2.75) is 11.8 Å². The molecule has 0 saturated heterocycles. The summed E-state index contributed by atoms with van der Waals surface area (Å²) < 4.78 is 32.0. The third kappa shape index (κ3) is 4.21. The number of hydrogen-bond acceptors (Lipinski definition) is 4. The molecule has 5 nitrogen and oxygen atoms in total. The fourth-order valence-corrected chi connectivity index (χ4v) is 3.83. The SMILES string of the molecule is O=C(/C=C\[C@H]1CC1(c1ccc(F)cc1)c1ccc(F)cc1)Oc1ccc([N+](=O)[O-])cc1. The molecule has 0 bridgehead atoms. The molecule has 0 N–H and O–H groups in total. The molecular formula is C24H17F2NO4. The largest absolute Gasteiger partial charge is 0.423 e. The van der Waals surface area contributed by atoms with Gasteiger partial charge in [-0.1, -0.05) is 30.3 Å². The van der Waals surface area contributed by atoms with Crippen molar-refractivity contribution in [3.8, 4) is 5.75 Å². The highest BCUT2D eigenvalue weighted by molar-refractivity contribution is 5.84. The number of esters is 1. The van der Waals surface area contributed by atoms with Crippen LogP contribution in [-0.4, -0.2) is 10.9 Å². The first-order valence-corrected chi connectivity index (χ1v) is 9.55. The Kier molecular flexibility index (Phi) is 5.33. The van der Waals surface area contributed by atoms with E-state index in [2.05, 4.69) is 0 Å². The Balaban J connectivity index is 1.52. The maximum Gasteiger partial charge on any atom is 0.335 e. The van der Waals surface area contributed by atoms with Crippen LogP contribution in [0.4, 0.5) is 14.5 Å². The van der Waals surface area contributed by atoms with E-state index in [1.807, 2.05) is 0 Å². The standard InChI is InChI=1S/C24H17F2NO4/c25-19-6-1-16(2-7-19)24(17-3-8-20(26)9-4-17)15-18(24)5-14-23(28)31-22-12-10-21(11-13-22)27(29)30/h1-14,18H,15H2/b14-5-/t18-/m0/s1. The third-order valence-electron chi connectivity index (χ3n) is 5.46. The monoisotopic (exact) mass is 421 g/mol. The molecule has 3 aromatic rings. The van der Waals surface area contributed by atoms with Crippen LogP contribution in [-0.2, 0) is 10.2 Å². The number of nitro benzene ring substituents is 1. The molecule has 1 saturated carbocycles. The smallest absolute Gasteiger partial charge is 0.335 e. The predicted molar refractivity (Wildman–Crippen MR) is 110 cm³/mol. The Morgan fingerprint density at radius 3 is 1.94 bits per heavy atom. The van der Waals surface area contributed by atoms with E-state index in [0.29, 0.717) is 6.42 Å². The van der Waals surface area contributed by atoms with E-state index in [0.717, 1.165) is 11.1 Å². The van der Waals surface area contributed by atoms with E-state index in [1.54, 1.807) is 30.3 Å². The van der Waals surface area contributed by atoms with Crippen molar-refractivity contribution in [2.75, 3.05) is 0 Å². The summed E-state index contributed by atoms with van der Waals surface area (Å²) in [6.45, 7) is 0. The number of halogens is 2. The summed E-state index contributed by atoms with van der Waals surface area (Å²) in [7, 11) is 0. The van der Waals surface area contributed by atoms with E-state index >= 15 is 0 Å². The zero-order valence-corrected chi connectivity index (χ0v) is 16.2. The number of benzene rings is 3. The minimum Gasteiger partial charge on any atom is -0.423 e. The molecule has 0 amide bonds. The Labute approximate surface area is 176 Å². The van der Waals surface area contributed by atoms with Gasteiger partial charge in [0, 0.05) is 23.6 Å². The molecule has 0 unspecified atom stereocenters. The molecule has 1 aliphatic carbocycles. The maximum atomic E-state index is 13.4. The van der Waals surface area contributed by atoms with Crippen LogP contribution in [0.2, 0.25) is 0 Å². The van der Waals surface area contributed by atoms with Gasteiger partial charge < -0.3 is 4.74 Å². The van der Waals surface area contributed by atoms with Gasteiger partial charge in [-0.05, 0) is 59.9 Å². The molecule has 156 valence electrons. The molecule has 3 aromatic carbocycles. The van der Waals surface area contributed by atoms with Crippen molar-refractivity contribution in [2.24, 2.45) is 5.92 Å². The first kappa shape index (κ1) is 20.4. The average molecular weight is 421 g/mol. The fraction of sp³-hybridized carbons (Fsp3) is 0.125. The van der Waals surface area contributed by atoms with Crippen LogP contribution in [0.15, 0.2) is 84.9 Å². The van der Waals surface area contributed by atoms with Gasteiger partial charge in [0.25, 0.3) is 5.69 Å². The van der Waals surface area contributed by atoms with Crippen molar-refractivity contribution >= 4 is 11.7 Å². The summed E-state index contributed by atoms with van der Waals surface area (Å²) in [5.74, 6) is -1.19. The van der Waals surface area contributed by atoms with Gasteiger partial charge in [0.15, 0.2) is 0 Å². The van der Waals surface area contributed by atoms with Crippen LogP contribution >= 0.6 is 0 Å². The van der Waals surface area contributed by atoms with E-state index in [1.165, 1.54) is 54.6 Å². The van der Waals surface area contributed by atoms with Gasteiger partial charge in [-0.3, -0.25) is 10.1 Å². The second kappa shape index (κ2) is 8.10. The lowest BCUT2D eigenvalue weighted by molar-refractivity contribution is -0.384. The van der Waals surface area contributed by atoms with Crippen LogP contribution in [0.25, 0.3) is 0 Å². The highest BCUT2D eigenvalue weighted by Gasteiger charge is 2.55. The van der Waals surface area contributed by atoms with Gasteiger partial charge in [0.2, 0.25) is 0 Å². The third-order valence-corrected chi connectivity index (χ3v) is 5.46. The number of non-ortho nitro benzene ring substituents is 1. The summed E-state index contributed by atoms with van der Waals surface area (Å²) in [4.78, 5) is 22.4. The quantitative estimate of drug-likeness (QED) is 0.177. The lowest BCUT2D eigenvalue weighted by atomic mass is 9.85. The second-order valence-electron chi connectivity index (χ2n) is 7.33. The minimum atomic E-state index is -0.618. The average Bonchev–Trinajstić information content (AvgIpc) is 3.49. The van der Waals surface area contributed by atoms with Crippen molar-refractivity contribution in [1.82, 2.24) is 0 Å². The van der Waals surface area contributed by atoms with Gasteiger partial charge in [-0.25, -0.2) is 13.6 Å². The topological polar surface area (TPSA) is 69.4 Å². The molecule has 1 fully saturated rings. The molecule has 0 aromatic heterocycles. The Morgan fingerprint density at radius 2 is 1.45 bits per heavy atom. The number of ether oxygens (including phenoxy) is 1. The van der Waals surface area contributed by atoms with E-state index in [4.69, 9.17) is 4.74 Å². The summed E-state index contributed by atoms with van der Waals surface area (Å²) in [5.41, 5.74) is 1.17. The van der Waals surface area contributed by atoms with Crippen molar-refractivity contribution in [3.05, 3.63) is 118 Å². The molecule has 0 heterocycles. The Hall–Kier alpha value is -3.87. The van der Waals surface area contributed by atoms with Gasteiger partial charge in [0.05, 0.1) is 4.92 Å². The number of rotatable bonds is 6. The lowest BCUT2D eigenvalue weighted by Crippen LogP contribution is -2.12. The van der Waals surface area contributed by atoms with Gasteiger partial charge >= 0.3 is 5.97 Å². The van der Waals surface area contributed by atoms with Crippen molar-refractivity contribution < 1.29 is 23.2 Å². The minimum absolute atomic E-state index is 0.0622. The Bertz CT molecular complexity index is 1090. The summed E-state index contributed by atoms with van der Waals surface area (Å²) in [6, 6.07) is 17.5. The number of nitrogens with zero attached hydrogens (tertiary/aromatic N) is 1. The highest BCUT2D eigenvalue weighted by Crippen LogP contribution is 2.59. The normalized spacial score (nSPS) is 16.8. The zero-order valence-electron chi connectivity index (χ0n) is 16.2. The van der Waals surface area contributed by atoms with Gasteiger partial charge in [-0.15, -0.1) is 0 Å². The molecule has 0 radical (unpaired) electrons. The fourth-order valence-electron chi connectivity index (χ4n) is 3.83. The summed E-state index contributed by atoms with van der Waals surface area (Å²) in [6.07, 6.45) is 3.70. The summed E-state index contributed by atoms with van der Waals surface area (Å²) >= 11 is 0. The van der Waals surface area contributed by atoms with Crippen LogP contribution < -0.4 is 4.74 Å². The number of nitro groups is 1. The van der Waals surface area contributed by atoms with Crippen LogP contribution in [0.5, 0.6) is 5.75 Å². The lowest BCUT2D eigenvalue weighted by Gasteiger charge is -2.18. The van der Waals surface area contributed by atoms with E-state index in [9.17, 15) is 23.7 Å². The Morgan fingerprint density at radius 1 is 0.935 bits per heavy atom. The molecule has 0 aliphatic heterocycles. The molecule has 0 spiro atoms. The van der Waals surface area contributed by atoms with Crippen LogP contribution in [0.3, 0.4) is 0 Å².